The summed E-state index contributed by atoms with van der Waals surface area (Å²) >= 11 is 13.9. The monoisotopic (exact) mass is 298 g/mol. The molecule has 1 N–H and O–H groups in total. The number of thioether (sulfide) groups is 1. The summed E-state index contributed by atoms with van der Waals surface area (Å²) in [6.07, 6.45) is 0. The van der Waals surface area contributed by atoms with Gasteiger partial charge in [-0.25, -0.2) is 0 Å². The van der Waals surface area contributed by atoms with Gasteiger partial charge in [0.05, 0.1) is 6.61 Å². The van der Waals surface area contributed by atoms with E-state index in [1.807, 2.05) is 42.5 Å². The zero-order valence-corrected chi connectivity index (χ0v) is 11.9. The van der Waals surface area contributed by atoms with E-state index in [2.05, 4.69) is 0 Å². The fourth-order valence-corrected chi connectivity index (χ4v) is 3.28. The van der Waals surface area contributed by atoms with Crippen LogP contribution in [0.25, 0.3) is 0 Å². The molecule has 0 saturated heterocycles. The second kappa shape index (κ2) is 6.48. The number of rotatable bonds is 4. The van der Waals surface area contributed by atoms with Crippen LogP contribution in [0.1, 0.15) is 11.1 Å². The molecule has 4 heteroatoms. The minimum atomic E-state index is 0.0568. The number of hydrogen-bond acceptors (Lipinski definition) is 2. The Kier molecular flexibility index (Phi) is 4.95. The summed E-state index contributed by atoms with van der Waals surface area (Å²) in [5.74, 6) is 0.716. The van der Waals surface area contributed by atoms with Crippen molar-refractivity contribution in [3.05, 3.63) is 63.6 Å². The third kappa shape index (κ3) is 3.42. The van der Waals surface area contributed by atoms with Crippen LogP contribution in [0, 0.1) is 0 Å². The Balaban J connectivity index is 2.11. The molecule has 0 fully saturated rings. The zero-order chi connectivity index (χ0) is 13.0. The maximum absolute atomic E-state index is 9.08. The third-order valence-electron chi connectivity index (χ3n) is 2.53. The van der Waals surface area contributed by atoms with E-state index in [0.717, 1.165) is 16.0 Å². The van der Waals surface area contributed by atoms with Crippen molar-refractivity contribution in [2.45, 2.75) is 17.3 Å². The molecule has 2 aromatic carbocycles. The van der Waals surface area contributed by atoms with E-state index >= 15 is 0 Å². The highest BCUT2D eigenvalue weighted by Crippen LogP contribution is 2.31. The molecule has 0 radical (unpaired) electrons. The van der Waals surface area contributed by atoms with Crippen LogP contribution in [-0.4, -0.2) is 5.11 Å². The standard InChI is InChI=1S/C14H12Cl2OS/c15-13-5-2-6-14(16)12(13)9-18-11-4-1-3-10(7-11)8-17/h1-7,17H,8-9H2. The topological polar surface area (TPSA) is 20.2 Å². The molecule has 0 aromatic heterocycles. The van der Waals surface area contributed by atoms with Crippen LogP contribution in [-0.2, 0) is 12.4 Å². The van der Waals surface area contributed by atoms with E-state index < -0.39 is 0 Å². The van der Waals surface area contributed by atoms with Gasteiger partial charge in [-0.15, -0.1) is 11.8 Å². The van der Waals surface area contributed by atoms with Crippen molar-refractivity contribution in [1.29, 1.82) is 0 Å². The molecule has 0 heterocycles. The highest BCUT2D eigenvalue weighted by atomic mass is 35.5. The highest BCUT2D eigenvalue weighted by molar-refractivity contribution is 7.98. The average Bonchev–Trinajstić information content (AvgIpc) is 2.38. The molecule has 0 aliphatic carbocycles. The summed E-state index contributed by atoms with van der Waals surface area (Å²) in [5, 5.41) is 10.5. The second-order valence-corrected chi connectivity index (χ2v) is 5.66. The second-order valence-electron chi connectivity index (χ2n) is 3.79. The predicted molar refractivity (Wildman–Crippen MR) is 78.4 cm³/mol. The maximum atomic E-state index is 9.08. The van der Waals surface area contributed by atoms with E-state index in [1.165, 1.54) is 0 Å². The van der Waals surface area contributed by atoms with Crippen molar-refractivity contribution in [3.63, 3.8) is 0 Å². The summed E-state index contributed by atoms with van der Waals surface area (Å²) in [6.45, 7) is 0.0568. The molecule has 2 rings (SSSR count). The molecule has 0 bridgehead atoms. The average molecular weight is 299 g/mol. The van der Waals surface area contributed by atoms with Crippen LogP contribution in [0.3, 0.4) is 0 Å². The Hall–Kier alpha value is -0.670. The van der Waals surface area contributed by atoms with Gasteiger partial charge in [0.1, 0.15) is 0 Å². The normalized spacial score (nSPS) is 10.6. The minimum Gasteiger partial charge on any atom is -0.392 e. The SMILES string of the molecule is OCc1cccc(SCc2c(Cl)cccc2Cl)c1. The van der Waals surface area contributed by atoms with Crippen LogP contribution in [0.2, 0.25) is 10.0 Å². The van der Waals surface area contributed by atoms with E-state index in [0.29, 0.717) is 15.8 Å². The van der Waals surface area contributed by atoms with Crippen molar-refractivity contribution in [2.24, 2.45) is 0 Å². The molecule has 1 nitrogen and oxygen atoms in total. The molecule has 0 aliphatic heterocycles. The number of hydrogen-bond donors (Lipinski definition) is 1. The number of benzene rings is 2. The first-order valence-electron chi connectivity index (χ1n) is 5.46. The van der Waals surface area contributed by atoms with Gasteiger partial charge in [-0.1, -0.05) is 41.4 Å². The van der Waals surface area contributed by atoms with Gasteiger partial charge in [0, 0.05) is 20.7 Å². The summed E-state index contributed by atoms with van der Waals surface area (Å²) < 4.78 is 0. The molecule has 94 valence electrons. The van der Waals surface area contributed by atoms with Crippen molar-refractivity contribution >= 4 is 35.0 Å². The lowest BCUT2D eigenvalue weighted by atomic mass is 10.2. The van der Waals surface area contributed by atoms with Gasteiger partial charge in [0.2, 0.25) is 0 Å². The van der Waals surface area contributed by atoms with Crippen molar-refractivity contribution < 1.29 is 5.11 Å². The van der Waals surface area contributed by atoms with Crippen LogP contribution in [0.4, 0.5) is 0 Å². The zero-order valence-electron chi connectivity index (χ0n) is 9.57. The fraction of sp³-hybridized carbons (Fsp3) is 0.143. The quantitative estimate of drug-likeness (QED) is 0.820. The largest absolute Gasteiger partial charge is 0.392 e. The summed E-state index contributed by atoms with van der Waals surface area (Å²) in [5.41, 5.74) is 1.85. The Bertz CT molecular complexity index is 523. The van der Waals surface area contributed by atoms with Gasteiger partial charge >= 0.3 is 0 Å². The fourth-order valence-electron chi connectivity index (χ4n) is 1.56. The van der Waals surface area contributed by atoms with Gasteiger partial charge in [0.15, 0.2) is 0 Å². The van der Waals surface area contributed by atoms with Crippen LogP contribution >= 0.6 is 35.0 Å². The predicted octanol–water partition coefficient (Wildman–Crippen LogP) is 4.78. The lowest BCUT2D eigenvalue weighted by Crippen LogP contribution is -1.86. The molecule has 0 atom stereocenters. The van der Waals surface area contributed by atoms with Gasteiger partial charge < -0.3 is 5.11 Å². The molecule has 2 aromatic rings. The smallest absolute Gasteiger partial charge is 0.0682 e. The molecular weight excluding hydrogens is 287 g/mol. The molecule has 0 saturated carbocycles. The Labute approximate surface area is 121 Å². The lowest BCUT2D eigenvalue weighted by molar-refractivity contribution is 0.281. The molecule has 18 heavy (non-hydrogen) atoms. The van der Waals surface area contributed by atoms with Crippen molar-refractivity contribution in [2.75, 3.05) is 0 Å². The van der Waals surface area contributed by atoms with Crippen LogP contribution in [0.5, 0.6) is 0 Å². The van der Waals surface area contributed by atoms with Crippen molar-refractivity contribution in [3.8, 4) is 0 Å². The Morgan fingerprint density at radius 1 is 1.00 bits per heavy atom. The Morgan fingerprint density at radius 3 is 2.33 bits per heavy atom. The molecule has 0 aliphatic rings. The van der Waals surface area contributed by atoms with Gasteiger partial charge in [-0.3, -0.25) is 0 Å². The number of aliphatic hydroxyl groups is 1. The molecule has 0 amide bonds. The number of aliphatic hydroxyl groups excluding tert-OH is 1. The van der Waals surface area contributed by atoms with E-state index in [-0.39, 0.29) is 6.61 Å². The summed E-state index contributed by atoms with van der Waals surface area (Å²) in [6, 6.07) is 13.3. The van der Waals surface area contributed by atoms with Crippen molar-refractivity contribution in [1.82, 2.24) is 0 Å². The first-order chi connectivity index (χ1) is 8.70. The lowest BCUT2D eigenvalue weighted by Gasteiger charge is -2.07. The maximum Gasteiger partial charge on any atom is 0.0682 e. The Morgan fingerprint density at radius 2 is 1.67 bits per heavy atom. The minimum absolute atomic E-state index is 0.0568. The molecule has 0 spiro atoms. The summed E-state index contributed by atoms with van der Waals surface area (Å²) in [7, 11) is 0. The third-order valence-corrected chi connectivity index (χ3v) is 4.25. The van der Waals surface area contributed by atoms with E-state index in [1.54, 1.807) is 11.8 Å². The van der Waals surface area contributed by atoms with E-state index in [4.69, 9.17) is 28.3 Å². The van der Waals surface area contributed by atoms with Gasteiger partial charge in [-0.05, 0) is 35.4 Å². The van der Waals surface area contributed by atoms with Gasteiger partial charge in [0.25, 0.3) is 0 Å². The van der Waals surface area contributed by atoms with Crippen LogP contribution < -0.4 is 0 Å². The molecular formula is C14H12Cl2OS. The highest BCUT2D eigenvalue weighted by Gasteiger charge is 2.06. The number of halogens is 2. The van der Waals surface area contributed by atoms with E-state index in [9.17, 15) is 0 Å². The van der Waals surface area contributed by atoms with Crippen LogP contribution in [0.15, 0.2) is 47.4 Å². The summed E-state index contributed by atoms with van der Waals surface area (Å²) in [4.78, 5) is 1.09. The first kappa shape index (κ1) is 13.8. The van der Waals surface area contributed by atoms with Gasteiger partial charge in [-0.2, -0.15) is 0 Å². The molecule has 0 unspecified atom stereocenters. The first-order valence-corrected chi connectivity index (χ1v) is 7.20.